The fourth-order valence-electron chi connectivity index (χ4n) is 0.362. The van der Waals surface area contributed by atoms with E-state index >= 15 is 0 Å². The van der Waals surface area contributed by atoms with E-state index in [1.165, 1.54) is 13.8 Å². The summed E-state index contributed by atoms with van der Waals surface area (Å²) < 4.78 is 17.4. The van der Waals surface area contributed by atoms with E-state index in [9.17, 15) is 9.18 Å². The molecule has 0 heterocycles. The number of esters is 1. The van der Waals surface area contributed by atoms with E-state index in [4.69, 9.17) is 0 Å². The number of alkyl halides is 2. The molecule has 1 unspecified atom stereocenters. The molecule has 4 heteroatoms. The topological polar surface area (TPSA) is 26.3 Å². The quantitative estimate of drug-likeness (QED) is 0.544. The highest BCUT2D eigenvalue weighted by molar-refractivity contribution is 9.09. The van der Waals surface area contributed by atoms with Crippen molar-refractivity contribution in [1.29, 1.82) is 0 Å². The van der Waals surface area contributed by atoms with E-state index in [-0.39, 0.29) is 11.4 Å². The summed E-state index contributed by atoms with van der Waals surface area (Å²) in [7, 11) is 0. The van der Waals surface area contributed by atoms with Crippen LogP contribution in [-0.2, 0) is 9.53 Å². The number of carbonyl (C=O) groups excluding carboxylic acids is 1. The predicted molar refractivity (Wildman–Crippen MR) is 44.5 cm³/mol. The molecule has 0 aromatic heterocycles. The Morgan fingerprint density at radius 2 is 2.18 bits per heavy atom. The molecule has 0 amide bonds. The van der Waals surface area contributed by atoms with Crippen molar-refractivity contribution in [3.8, 4) is 0 Å². The average Bonchev–Trinajstić information content (AvgIpc) is 1.80. The van der Waals surface area contributed by atoms with Gasteiger partial charge >= 0.3 is 5.97 Å². The van der Waals surface area contributed by atoms with Crippen LogP contribution < -0.4 is 0 Å². The molecular formula is C7H12BrFO2. The zero-order valence-corrected chi connectivity index (χ0v) is 8.44. The molecule has 0 aliphatic rings. The maximum atomic E-state index is 12.7. The van der Waals surface area contributed by atoms with Crippen molar-refractivity contribution in [2.75, 3.05) is 6.61 Å². The second kappa shape index (κ2) is 4.04. The van der Waals surface area contributed by atoms with Gasteiger partial charge in [0.05, 0.1) is 0 Å². The minimum atomic E-state index is -1.89. The van der Waals surface area contributed by atoms with Gasteiger partial charge in [0.15, 0.2) is 0 Å². The van der Waals surface area contributed by atoms with Gasteiger partial charge in [0.1, 0.15) is 6.61 Å². The number of halogens is 2. The van der Waals surface area contributed by atoms with Crippen LogP contribution in [0.25, 0.3) is 0 Å². The first-order chi connectivity index (χ1) is 4.84. The van der Waals surface area contributed by atoms with Gasteiger partial charge in [-0.25, -0.2) is 9.18 Å². The van der Waals surface area contributed by atoms with Gasteiger partial charge in [0.2, 0.25) is 5.67 Å². The monoisotopic (exact) mass is 226 g/mol. The van der Waals surface area contributed by atoms with Gasteiger partial charge in [0, 0.05) is 4.83 Å². The van der Waals surface area contributed by atoms with Crippen LogP contribution in [0.4, 0.5) is 4.39 Å². The summed E-state index contributed by atoms with van der Waals surface area (Å²) in [5.74, 6) is -0.816. The van der Waals surface area contributed by atoms with Gasteiger partial charge in [-0.2, -0.15) is 0 Å². The average molecular weight is 227 g/mol. The Morgan fingerprint density at radius 3 is 2.45 bits per heavy atom. The lowest BCUT2D eigenvalue weighted by Crippen LogP contribution is -2.29. The number of carbonyl (C=O) groups is 1. The van der Waals surface area contributed by atoms with Crippen molar-refractivity contribution in [3.05, 3.63) is 0 Å². The molecule has 0 saturated heterocycles. The zero-order chi connectivity index (χ0) is 9.07. The van der Waals surface area contributed by atoms with Gasteiger partial charge in [-0.3, -0.25) is 0 Å². The summed E-state index contributed by atoms with van der Waals surface area (Å²) in [5, 5.41) is 0. The normalized spacial score (nSPS) is 14.3. The Morgan fingerprint density at radius 1 is 1.73 bits per heavy atom. The number of rotatable bonds is 3. The first kappa shape index (κ1) is 10.9. The molecule has 0 saturated carbocycles. The molecular weight excluding hydrogens is 215 g/mol. The summed E-state index contributed by atoms with van der Waals surface area (Å²) in [6.45, 7) is 4.37. The van der Waals surface area contributed by atoms with Crippen molar-refractivity contribution in [3.63, 3.8) is 0 Å². The maximum absolute atomic E-state index is 12.7. The van der Waals surface area contributed by atoms with Crippen LogP contribution in [0.2, 0.25) is 0 Å². The molecule has 0 bridgehead atoms. The fourth-order valence-corrected chi connectivity index (χ4v) is 0.494. The second-order valence-electron chi connectivity index (χ2n) is 2.85. The van der Waals surface area contributed by atoms with Gasteiger partial charge < -0.3 is 4.74 Å². The van der Waals surface area contributed by atoms with Crippen LogP contribution in [0, 0.1) is 0 Å². The van der Waals surface area contributed by atoms with Crippen molar-refractivity contribution >= 4 is 21.9 Å². The third-order valence-corrected chi connectivity index (χ3v) is 1.19. The summed E-state index contributed by atoms with van der Waals surface area (Å²) in [6.07, 6.45) is 0. The smallest absolute Gasteiger partial charge is 0.343 e. The van der Waals surface area contributed by atoms with E-state index < -0.39 is 11.6 Å². The van der Waals surface area contributed by atoms with E-state index in [1.807, 2.05) is 6.92 Å². The summed E-state index contributed by atoms with van der Waals surface area (Å²) >= 11 is 3.17. The lowest BCUT2D eigenvalue weighted by Gasteiger charge is -2.13. The van der Waals surface area contributed by atoms with Gasteiger partial charge in [0.25, 0.3) is 0 Å². The lowest BCUT2D eigenvalue weighted by atomic mass is 10.2. The zero-order valence-electron chi connectivity index (χ0n) is 6.86. The van der Waals surface area contributed by atoms with E-state index in [2.05, 4.69) is 20.7 Å². The summed E-state index contributed by atoms with van der Waals surface area (Å²) in [4.78, 5) is 10.8. The van der Waals surface area contributed by atoms with Crippen LogP contribution in [0.5, 0.6) is 0 Å². The van der Waals surface area contributed by atoms with Gasteiger partial charge in [-0.1, -0.05) is 15.9 Å². The molecule has 0 aromatic carbocycles. The Labute approximate surface area is 74.2 Å². The van der Waals surface area contributed by atoms with Crippen LogP contribution in [0.3, 0.4) is 0 Å². The first-order valence-electron chi connectivity index (χ1n) is 3.34. The molecule has 11 heavy (non-hydrogen) atoms. The highest BCUT2D eigenvalue weighted by Gasteiger charge is 2.28. The minimum absolute atomic E-state index is 0.0637. The number of ether oxygens (including phenoxy) is 1. The van der Waals surface area contributed by atoms with Crippen LogP contribution in [-0.4, -0.2) is 23.1 Å². The van der Waals surface area contributed by atoms with E-state index in [1.54, 1.807) is 0 Å². The molecule has 66 valence electrons. The van der Waals surface area contributed by atoms with Gasteiger partial charge in [-0.15, -0.1) is 0 Å². The minimum Gasteiger partial charge on any atom is -0.462 e. The number of hydrogen-bond donors (Lipinski definition) is 0. The van der Waals surface area contributed by atoms with Crippen LogP contribution in [0.15, 0.2) is 0 Å². The largest absolute Gasteiger partial charge is 0.462 e. The predicted octanol–water partition coefficient (Wildman–Crippen LogP) is 2.06. The Balaban J connectivity index is 3.71. The van der Waals surface area contributed by atoms with Crippen molar-refractivity contribution < 1.29 is 13.9 Å². The lowest BCUT2D eigenvalue weighted by molar-refractivity contribution is -0.155. The molecule has 0 radical (unpaired) electrons. The molecule has 0 fully saturated rings. The van der Waals surface area contributed by atoms with Crippen molar-refractivity contribution in [2.45, 2.75) is 31.3 Å². The van der Waals surface area contributed by atoms with Gasteiger partial charge in [-0.05, 0) is 20.8 Å². The Hall–Kier alpha value is -0.120. The van der Waals surface area contributed by atoms with Crippen LogP contribution in [0.1, 0.15) is 20.8 Å². The third kappa shape index (κ3) is 5.18. The first-order valence-corrected chi connectivity index (χ1v) is 4.26. The molecule has 0 rings (SSSR count). The third-order valence-electron chi connectivity index (χ3n) is 0.929. The van der Waals surface area contributed by atoms with Crippen molar-refractivity contribution in [1.82, 2.24) is 0 Å². The SMILES string of the molecule is CC(Br)COC(=O)C(C)(C)F. The Bertz CT molecular complexity index is 140. The molecule has 0 aliphatic heterocycles. The molecule has 0 aromatic rings. The molecule has 1 atom stereocenters. The van der Waals surface area contributed by atoms with Crippen LogP contribution >= 0.6 is 15.9 Å². The second-order valence-corrected chi connectivity index (χ2v) is 4.41. The number of hydrogen-bond acceptors (Lipinski definition) is 2. The van der Waals surface area contributed by atoms with E-state index in [0.29, 0.717) is 0 Å². The molecule has 0 spiro atoms. The van der Waals surface area contributed by atoms with Crippen molar-refractivity contribution in [2.24, 2.45) is 0 Å². The van der Waals surface area contributed by atoms with E-state index in [0.717, 1.165) is 0 Å². The molecule has 2 nitrogen and oxygen atoms in total. The molecule has 0 N–H and O–H groups in total. The summed E-state index contributed by atoms with van der Waals surface area (Å²) in [6, 6.07) is 0. The highest BCUT2D eigenvalue weighted by Crippen LogP contribution is 2.11. The molecule has 0 aliphatic carbocycles. The highest BCUT2D eigenvalue weighted by atomic mass is 79.9. The summed E-state index contributed by atoms with van der Waals surface area (Å²) in [5.41, 5.74) is -1.89. The standard InChI is InChI=1S/C7H12BrFO2/c1-5(8)4-11-6(10)7(2,3)9/h5H,4H2,1-3H3. The maximum Gasteiger partial charge on any atom is 0.343 e. The fraction of sp³-hybridized carbons (Fsp3) is 0.857. The Kier molecular flexibility index (Phi) is 4.00.